The molecular formula is C16H16Cl2FN. The summed E-state index contributed by atoms with van der Waals surface area (Å²) in [4.78, 5) is 0. The highest BCUT2D eigenvalue weighted by Gasteiger charge is 2.12. The van der Waals surface area contributed by atoms with Crippen LogP contribution in [0, 0.1) is 5.82 Å². The van der Waals surface area contributed by atoms with E-state index in [1.165, 1.54) is 12.1 Å². The topological polar surface area (TPSA) is 12.0 Å². The van der Waals surface area contributed by atoms with E-state index in [1.54, 1.807) is 12.1 Å². The molecular weight excluding hydrogens is 296 g/mol. The van der Waals surface area contributed by atoms with Crippen LogP contribution in [0.2, 0.25) is 10.0 Å². The van der Waals surface area contributed by atoms with E-state index in [4.69, 9.17) is 23.2 Å². The molecule has 1 atom stereocenters. The van der Waals surface area contributed by atoms with E-state index in [9.17, 15) is 4.39 Å². The summed E-state index contributed by atoms with van der Waals surface area (Å²) in [6.45, 7) is 2.67. The van der Waals surface area contributed by atoms with Gasteiger partial charge in [0.15, 0.2) is 0 Å². The SMILES string of the molecule is CCC(NCc1cccc(F)c1)c1ccc(Cl)cc1Cl. The van der Waals surface area contributed by atoms with Crippen LogP contribution in [0.25, 0.3) is 0 Å². The molecule has 0 spiro atoms. The summed E-state index contributed by atoms with van der Waals surface area (Å²) in [6, 6.07) is 12.2. The molecule has 0 aromatic heterocycles. The van der Waals surface area contributed by atoms with Crippen molar-refractivity contribution in [1.82, 2.24) is 5.32 Å². The molecule has 2 rings (SSSR count). The van der Waals surface area contributed by atoms with Gasteiger partial charge in [-0.3, -0.25) is 0 Å². The Morgan fingerprint density at radius 3 is 2.60 bits per heavy atom. The second-order valence-corrected chi connectivity index (χ2v) is 5.48. The first-order chi connectivity index (χ1) is 9.60. The van der Waals surface area contributed by atoms with Crippen molar-refractivity contribution in [3.63, 3.8) is 0 Å². The van der Waals surface area contributed by atoms with Crippen molar-refractivity contribution in [1.29, 1.82) is 0 Å². The average Bonchev–Trinajstić information content (AvgIpc) is 2.41. The highest BCUT2D eigenvalue weighted by Crippen LogP contribution is 2.28. The molecule has 0 amide bonds. The summed E-state index contributed by atoms with van der Waals surface area (Å²) in [5.74, 6) is -0.220. The zero-order chi connectivity index (χ0) is 14.5. The minimum absolute atomic E-state index is 0.114. The first kappa shape index (κ1) is 15.3. The van der Waals surface area contributed by atoms with Crippen LogP contribution in [-0.2, 0) is 6.54 Å². The number of hydrogen-bond acceptors (Lipinski definition) is 1. The molecule has 1 unspecified atom stereocenters. The van der Waals surface area contributed by atoms with Crippen LogP contribution in [0.3, 0.4) is 0 Å². The van der Waals surface area contributed by atoms with E-state index >= 15 is 0 Å². The Hall–Kier alpha value is -1.09. The van der Waals surface area contributed by atoms with E-state index in [2.05, 4.69) is 12.2 Å². The zero-order valence-corrected chi connectivity index (χ0v) is 12.7. The van der Waals surface area contributed by atoms with Crippen molar-refractivity contribution in [2.24, 2.45) is 0 Å². The Balaban J connectivity index is 2.09. The Morgan fingerprint density at radius 1 is 1.15 bits per heavy atom. The maximum Gasteiger partial charge on any atom is 0.123 e. The number of hydrogen-bond donors (Lipinski definition) is 1. The third-order valence-electron chi connectivity index (χ3n) is 3.19. The molecule has 1 N–H and O–H groups in total. The minimum Gasteiger partial charge on any atom is -0.306 e. The number of nitrogens with one attached hydrogen (secondary N) is 1. The molecule has 0 aliphatic carbocycles. The molecule has 0 heterocycles. The summed E-state index contributed by atoms with van der Waals surface area (Å²) in [5.41, 5.74) is 1.92. The molecule has 0 bridgehead atoms. The molecule has 106 valence electrons. The van der Waals surface area contributed by atoms with Crippen molar-refractivity contribution in [2.45, 2.75) is 25.9 Å². The summed E-state index contributed by atoms with van der Waals surface area (Å²) in [5, 5.41) is 4.67. The molecule has 0 fully saturated rings. The highest BCUT2D eigenvalue weighted by atomic mass is 35.5. The lowest BCUT2D eigenvalue weighted by atomic mass is 10.0. The lowest BCUT2D eigenvalue weighted by Crippen LogP contribution is -2.20. The van der Waals surface area contributed by atoms with Gasteiger partial charge in [0, 0.05) is 22.6 Å². The zero-order valence-electron chi connectivity index (χ0n) is 11.2. The van der Waals surface area contributed by atoms with Gasteiger partial charge in [0.05, 0.1) is 0 Å². The Bertz CT molecular complexity index is 586. The average molecular weight is 312 g/mol. The molecule has 2 aromatic carbocycles. The van der Waals surface area contributed by atoms with E-state index in [-0.39, 0.29) is 11.9 Å². The van der Waals surface area contributed by atoms with Gasteiger partial charge in [-0.25, -0.2) is 4.39 Å². The molecule has 0 aliphatic heterocycles. The van der Waals surface area contributed by atoms with E-state index < -0.39 is 0 Å². The molecule has 0 saturated heterocycles. The quantitative estimate of drug-likeness (QED) is 0.782. The molecule has 4 heteroatoms. The molecule has 2 aromatic rings. The minimum atomic E-state index is -0.220. The fourth-order valence-electron chi connectivity index (χ4n) is 2.15. The van der Waals surface area contributed by atoms with Crippen LogP contribution < -0.4 is 5.32 Å². The lowest BCUT2D eigenvalue weighted by molar-refractivity contribution is 0.517. The molecule has 0 radical (unpaired) electrons. The smallest absolute Gasteiger partial charge is 0.123 e. The maximum absolute atomic E-state index is 13.1. The fraction of sp³-hybridized carbons (Fsp3) is 0.250. The van der Waals surface area contributed by atoms with Gasteiger partial charge in [-0.15, -0.1) is 0 Å². The molecule has 1 nitrogen and oxygen atoms in total. The Labute approximate surface area is 128 Å². The van der Waals surface area contributed by atoms with Crippen LogP contribution in [0.1, 0.15) is 30.5 Å². The monoisotopic (exact) mass is 311 g/mol. The van der Waals surface area contributed by atoms with Gasteiger partial charge in [0.2, 0.25) is 0 Å². The first-order valence-corrected chi connectivity index (χ1v) is 7.28. The van der Waals surface area contributed by atoms with Gasteiger partial charge in [-0.1, -0.05) is 48.3 Å². The first-order valence-electron chi connectivity index (χ1n) is 6.53. The van der Waals surface area contributed by atoms with Gasteiger partial charge < -0.3 is 5.32 Å². The van der Waals surface area contributed by atoms with Crippen molar-refractivity contribution in [3.05, 3.63) is 69.5 Å². The normalized spacial score (nSPS) is 12.4. The highest BCUT2D eigenvalue weighted by molar-refractivity contribution is 6.35. The summed E-state index contributed by atoms with van der Waals surface area (Å²) >= 11 is 12.1. The maximum atomic E-state index is 13.1. The van der Waals surface area contributed by atoms with Gasteiger partial charge in [0.1, 0.15) is 5.82 Å². The van der Waals surface area contributed by atoms with Crippen LogP contribution in [0.15, 0.2) is 42.5 Å². The largest absolute Gasteiger partial charge is 0.306 e. The number of halogens is 3. The second-order valence-electron chi connectivity index (χ2n) is 4.64. The van der Waals surface area contributed by atoms with Gasteiger partial charge in [-0.2, -0.15) is 0 Å². The van der Waals surface area contributed by atoms with Crippen molar-refractivity contribution < 1.29 is 4.39 Å². The number of benzene rings is 2. The fourth-order valence-corrected chi connectivity index (χ4v) is 2.69. The van der Waals surface area contributed by atoms with Crippen LogP contribution in [0.5, 0.6) is 0 Å². The van der Waals surface area contributed by atoms with Crippen LogP contribution >= 0.6 is 23.2 Å². The van der Waals surface area contributed by atoms with Crippen molar-refractivity contribution in [3.8, 4) is 0 Å². The second kappa shape index (κ2) is 7.07. The molecule has 0 saturated carbocycles. The van der Waals surface area contributed by atoms with Gasteiger partial charge in [-0.05, 0) is 41.8 Å². The lowest BCUT2D eigenvalue weighted by Gasteiger charge is -2.19. The van der Waals surface area contributed by atoms with Gasteiger partial charge >= 0.3 is 0 Å². The van der Waals surface area contributed by atoms with Crippen LogP contribution in [0.4, 0.5) is 4.39 Å². The van der Waals surface area contributed by atoms with E-state index in [0.29, 0.717) is 16.6 Å². The summed E-state index contributed by atoms with van der Waals surface area (Å²) < 4.78 is 13.1. The van der Waals surface area contributed by atoms with Crippen molar-refractivity contribution >= 4 is 23.2 Å². The third-order valence-corrected chi connectivity index (χ3v) is 3.75. The van der Waals surface area contributed by atoms with E-state index in [0.717, 1.165) is 17.5 Å². The predicted octanol–water partition coefficient (Wildman–Crippen LogP) is 5.37. The summed E-state index contributed by atoms with van der Waals surface area (Å²) in [6.07, 6.45) is 0.886. The van der Waals surface area contributed by atoms with Crippen LogP contribution in [-0.4, -0.2) is 0 Å². The Kier molecular flexibility index (Phi) is 5.41. The molecule has 0 aliphatic rings. The third kappa shape index (κ3) is 3.95. The predicted molar refractivity (Wildman–Crippen MR) is 82.7 cm³/mol. The van der Waals surface area contributed by atoms with Crippen molar-refractivity contribution in [2.75, 3.05) is 0 Å². The van der Waals surface area contributed by atoms with E-state index in [1.807, 2.05) is 18.2 Å². The van der Waals surface area contributed by atoms with Gasteiger partial charge in [0.25, 0.3) is 0 Å². The Morgan fingerprint density at radius 2 is 1.95 bits per heavy atom. The summed E-state index contributed by atoms with van der Waals surface area (Å²) in [7, 11) is 0. The number of rotatable bonds is 5. The molecule has 20 heavy (non-hydrogen) atoms. The standard InChI is InChI=1S/C16H16Cl2FN/c1-2-16(14-7-6-12(17)9-15(14)18)20-10-11-4-3-5-13(19)8-11/h3-9,16,20H,2,10H2,1H3.